The van der Waals surface area contributed by atoms with Crippen LogP contribution in [0.4, 0.5) is 0 Å². The lowest BCUT2D eigenvalue weighted by molar-refractivity contribution is -0.132. The van der Waals surface area contributed by atoms with E-state index in [1.54, 1.807) is 21.0 Å². The molecule has 0 aromatic heterocycles. The summed E-state index contributed by atoms with van der Waals surface area (Å²) in [7, 11) is 1.67. The summed E-state index contributed by atoms with van der Waals surface area (Å²) in [5.41, 5.74) is 2.90. The Morgan fingerprint density at radius 2 is 1.71 bits per heavy atom. The van der Waals surface area contributed by atoms with E-state index in [9.17, 15) is 19.2 Å². The third-order valence-electron chi connectivity index (χ3n) is 7.76. The number of epoxide rings is 1. The molecule has 3 amide bonds. The highest BCUT2D eigenvalue weighted by molar-refractivity contribution is 5.97. The second kappa shape index (κ2) is 15.8. The number of nitrogens with zero attached hydrogens (tertiary/aromatic N) is 1. The molecule has 3 aliphatic rings. The third-order valence-corrected chi connectivity index (χ3v) is 7.76. The van der Waals surface area contributed by atoms with E-state index >= 15 is 0 Å². The minimum Gasteiger partial charge on any atom is -0.497 e. The van der Waals surface area contributed by atoms with E-state index in [2.05, 4.69) is 29.8 Å². The zero-order valence-corrected chi connectivity index (χ0v) is 25.5. The Bertz CT molecular complexity index is 1140. The molecule has 11 heteroatoms. The average molecular weight is 593 g/mol. The van der Waals surface area contributed by atoms with Crippen molar-refractivity contribution in [2.45, 2.75) is 71.1 Å². The van der Waals surface area contributed by atoms with Crippen LogP contribution in [0, 0.1) is 6.92 Å². The quantitative estimate of drug-likeness (QED) is 0.249. The monoisotopic (exact) mass is 592 g/mol. The van der Waals surface area contributed by atoms with Gasteiger partial charge in [0.1, 0.15) is 17.4 Å². The van der Waals surface area contributed by atoms with Crippen molar-refractivity contribution >= 4 is 23.5 Å². The number of allylic oxidation sites excluding steroid dienone is 1. The van der Waals surface area contributed by atoms with Crippen LogP contribution in [0.15, 0.2) is 35.4 Å². The minimum absolute atomic E-state index is 0. The number of aryl methyl sites for hydroxylation is 1. The largest absolute Gasteiger partial charge is 0.497 e. The first-order valence-corrected chi connectivity index (χ1v) is 14.6. The zero-order valence-electron chi connectivity index (χ0n) is 25.5. The number of hydrogen-bond donors (Lipinski definition) is 3. The molecule has 238 valence electrons. The number of hydrogen-bond acceptors (Lipinski definition) is 8. The molecule has 0 bridgehead atoms. The van der Waals surface area contributed by atoms with Gasteiger partial charge in [-0.3, -0.25) is 24.1 Å². The first-order valence-electron chi connectivity index (χ1n) is 14.6. The standard InChI is InChI=1S/C23H36N4O6.C8H10O.3H2/c1-15-5-4-6-17(15)11-18(21(30)23(3)14-33-23)26-19(28)12-24-22(31)16(2)25-20(29)13-27-7-9-32-10-8-27;1-7-3-5-8(9-2)6-4-7;;;/h16,18H,4-14H2,1-3H3,(H,24,31)(H,25,29)(H,26,28);3-6H,1-2H3;3*1H/t16-,18-,23+;;;;/m0..../s1. The van der Waals surface area contributed by atoms with E-state index in [0.717, 1.165) is 25.0 Å². The van der Waals surface area contributed by atoms with Crippen molar-refractivity contribution in [2.75, 3.05) is 53.1 Å². The molecule has 0 spiro atoms. The lowest BCUT2D eigenvalue weighted by atomic mass is 9.93. The van der Waals surface area contributed by atoms with Crippen molar-refractivity contribution in [3.63, 3.8) is 0 Å². The highest BCUT2D eigenvalue weighted by Crippen LogP contribution is 2.33. The van der Waals surface area contributed by atoms with Crippen LogP contribution in [0.3, 0.4) is 0 Å². The molecule has 11 nitrogen and oxygen atoms in total. The summed E-state index contributed by atoms with van der Waals surface area (Å²) >= 11 is 0. The maximum atomic E-state index is 12.9. The Hall–Kier alpha value is -3.28. The van der Waals surface area contributed by atoms with Gasteiger partial charge in [0.05, 0.1) is 46.1 Å². The molecule has 42 heavy (non-hydrogen) atoms. The lowest BCUT2D eigenvalue weighted by Crippen LogP contribution is -2.52. The maximum absolute atomic E-state index is 12.9. The number of morpholine rings is 1. The topological polar surface area (TPSA) is 139 Å². The van der Waals surface area contributed by atoms with Gasteiger partial charge in [0.25, 0.3) is 0 Å². The van der Waals surface area contributed by atoms with Crippen molar-refractivity contribution < 1.29 is 37.7 Å². The number of amides is 3. The molecular formula is C31H52N4O7. The molecule has 2 saturated heterocycles. The SMILES string of the molecule is CC1=C(C[C@H](NC(=O)CNC(=O)[C@H](C)NC(=O)CN2CCOCC2)C(=O)[C@@]2(C)CO2)CCC1.COc1ccc(C)cc1.[HH].[HH].[HH]. The predicted octanol–water partition coefficient (Wildman–Crippen LogP) is 2.41. The van der Waals surface area contributed by atoms with Crippen molar-refractivity contribution in [3.8, 4) is 5.75 Å². The number of benzene rings is 1. The smallest absolute Gasteiger partial charge is 0.242 e. The van der Waals surface area contributed by atoms with Crippen LogP contribution in [-0.2, 0) is 28.7 Å². The number of Topliss-reactive ketones (excluding diaryl/α,β-unsaturated/α-hetero) is 1. The van der Waals surface area contributed by atoms with Crippen molar-refractivity contribution in [2.24, 2.45) is 0 Å². The summed E-state index contributed by atoms with van der Waals surface area (Å²) in [6.45, 7) is 10.2. The lowest BCUT2D eigenvalue weighted by Gasteiger charge is -2.26. The molecule has 1 aromatic rings. The Morgan fingerprint density at radius 3 is 2.29 bits per heavy atom. The Kier molecular flexibility index (Phi) is 12.5. The molecule has 0 saturated carbocycles. The van der Waals surface area contributed by atoms with Crippen LogP contribution in [0.2, 0.25) is 0 Å². The fourth-order valence-electron chi connectivity index (χ4n) is 4.86. The number of rotatable bonds is 12. The molecule has 1 aliphatic carbocycles. The maximum Gasteiger partial charge on any atom is 0.242 e. The summed E-state index contributed by atoms with van der Waals surface area (Å²) < 4.78 is 15.5. The molecule has 1 aromatic carbocycles. The van der Waals surface area contributed by atoms with Gasteiger partial charge in [-0.1, -0.05) is 28.8 Å². The molecule has 0 radical (unpaired) electrons. The van der Waals surface area contributed by atoms with Gasteiger partial charge in [0.2, 0.25) is 17.7 Å². The number of carbonyl (C=O) groups excluding carboxylic acids is 4. The van der Waals surface area contributed by atoms with Crippen molar-refractivity contribution in [1.82, 2.24) is 20.9 Å². The molecule has 2 aliphatic heterocycles. The first-order chi connectivity index (χ1) is 20.0. The second-order valence-electron chi connectivity index (χ2n) is 11.4. The van der Waals surface area contributed by atoms with Crippen LogP contribution in [-0.4, -0.2) is 99.2 Å². The number of ether oxygens (including phenoxy) is 3. The third kappa shape index (κ3) is 10.5. The number of carbonyl (C=O) groups is 4. The molecule has 3 atom stereocenters. The number of ketones is 1. The summed E-state index contributed by atoms with van der Waals surface area (Å²) in [4.78, 5) is 51.9. The van der Waals surface area contributed by atoms with Crippen LogP contribution in [0.1, 0.15) is 56.3 Å². The van der Waals surface area contributed by atoms with E-state index < -0.39 is 29.5 Å². The van der Waals surface area contributed by atoms with E-state index in [-0.39, 0.29) is 29.1 Å². The van der Waals surface area contributed by atoms with Gasteiger partial charge in [-0.2, -0.15) is 0 Å². The Morgan fingerprint density at radius 1 is 1.05 bits per heavy atom. The van der Waals surface area contributed by atoms with Gasteiger partial charge >= 0.3 is 0 Å². The summed E-state index contributed by atoms with van der Waals surface area (Å²) in [5.74, 6) is -0.393. The first kappa shape index (κ1) is 33.2. The Balaban J connectivity index is 0.00000139. The van der Waals surface area contributed by atoms with Crippen LogP contribution >= 0.6 is 0 Å². The van der Waals surface area contributed by atoms with E-state index in [1.807, 2.05) is 29.2 Å². The summed E-state index contributed by atoms with van der Waals surface area (Å²) in [6.07, 6.45) is 3.48. The van der Waals surface area contributed by atoms with Gasteiger partial charge in [0.15, 0.2) is 5.78 Å². The predicted molar refractivity (Wildman–Crippen MR) is 164 cm³/mol. The number of nitrogens with one attached hydrogen (secondary N) is 3. The molecule has 4 rings (SSSR count). The normalized spacial score (nSPS) is 21.4. The molecule has 2 fully saturated rings. The summed E-state index contributed by atoms with van der Waals surface area (Å²) in [6, 6.07) is 6.49. The number of methoxy groups -OCH3 is 1. The van der Waals surface area contributed by atoms with Gasteiger partial charge in [0, 0.05) is 17.4 Å². The molecule has 0 unspecified atom stereocenters. The van der Waals surface area contributed by atoms with Gasteiger partial charge < -0.3 is 30.2 Å². The minimum atomic E-state index is -0.840. The molecule has 3 N–H and O–H groups in total. The summed E-state index contributed by atoms with van der Waals surface area (Å²) in [5, 5.41) is 7.96. The van der Waals surface area contributed by atoms with Gasteiger partial charge in [-0.15, -0.1) is 0 Å². The van der Waals surface area contributed by atoms with Gasteiger partial charge in [-0.05, 0) is 65.5 Å². The highest BCUT2D eigenvalue weighted by Gasteiger charge is 2.50. The second-order valence-corrected chi connectivity index (χ2v) is 11.4. The Labute approximate surface area is 253 Å². The fraction of sp³-hybridized carbons (Fsp3) is 0.613. The fourth-order valence-corrected chi connectivity index (χ4v) is 4.86. The van der Waals surface area contributed by atoms with Crippen LogP contribution in [0.25, 0.3) is 0 Å². The molecule has 2 heterocycles. The molecular weight excluding hydrogens is 540 g/mol. The average Bonchev–Trinajstić information content (AvgIpc) is 3.61. The highest BCUT2D eigenvalue weighted by atomic mass is 16.6. The van der Waals surface area contributed by atoms with E-state index in [0.29, 0.717) is 39.3 Å². The van der Waals surface area contributed by atoms with E-state index in [1.165, 1.54) is 16.7 Å². The van der Waals surface area contributed by atoms with Crippen LogP contribution in [0.5, 0.6) is 5.75 Å². The van der Waals surface area contributed by atoms with Crippen molar-refractivity contribution in [3.05, 3.63) is 41.0 Å². The van der Waals surface area contributed by atoms with E-state index in [4.69, 9.17) is 14.2 Å². The van der Waals surface area contributed by atoms with Gasteiger partial charge in [-0.25, -0.2) is 0 Å². The zero-order chi connectivity index (χ0) is 30.7. The van der Waals surface area contributed by atoms with Crippen LogP contribution < -0.4 is 20.7 Å². The van der Waals surface area contributed by atoms with Crippen molar-refractivity contribution in [1.29, 1.82) is 0 Å².